The summed E-state index contributed by atoms with van der Waals surface area (Å²) in [6.45, 7) is 0. The third-order valence-electron chi connectivity index (χ3n) is 8.69. The lowest BCUT2D eigenvalue weighted by molar-refractivity contribution is 1.07. The van der Waals surface area contributed by atoms with Crippen LogP contribution >= 0.6 is 0 Å². The second kappa shape index (κ2) is 8.57. The summed E-state index contributed by atoms with van der Waals surface area (Å²) in [7, 11) is 0. The Morgan fingerprint density at radius 3 is 1.64 bits per heavy atom. The number of hydrogen-bond acceptors (Lipinski definition) is 1. The van der Waals surface area contributed by atoms with Gasteiger partial charge in [-0.15, -0.1) is 0 Å². The maximum atomic E-state index is 10.9. The van der Waals surface area contributed by atoms with Crippen LogP contribution in [0.1, 0.15) is 5.56 Å². The van der Waals surface area contributed by atoms with Gasteiger partial charge in [-0.25, -0.2) is 0 Å². The van der Waals surface area contributed by atoms with Crippen LogP contribution < -0.4 is 0 Å². The molecule has 0 aliphatic heterocycles. The van der Waals surface area contributed by atoms with Gasteiger partial charge >= 0.3 is 0 Å². The third-order valence-corrected chi connectivity index (χ3v) is 8.69. The molecule has 0 fully saturated rings. The van der Waals surface area contributed by atoms with Crippen molar-refractivity contribution in [1.29, 1.82) is 5.26 Å². The van der Waals surface area contributed by atoms with Crippen LogP contribution in [0.4, 0.5) is 0 Å². The number of rotatable bonds is 2. The monoisotopic (exact) mass is 533 g/mol. The van der Waals surface area contributed by atoms with Gasteiger partial charge in [-0.05, 0) is 57.9 Å². The van der Waals surface area contributed by atoms with Crippen LogP contribution in [0.2, 0.25) is 0 Å². The van der Waals surface area contributed by atoms with Crippen molar-refractivity contribution in [3.8, 4) is 17.4 Å². The smallest absolute Gasteiger partial charge is 0.131 e. The molecule has 0 N–H and O–H groups in total. The van der Waals surface area contributed by atoms with Gasteiger partial charge in [0.2, 0.25) is 0 Å². The van der Waals surface area contributed by atoms with Crippen LogP contribution in [0.3, 0.4) is 0 Å². The number of benzene rings is 7. The molecule has 2 heterocycles. The fraction of sp³-hybridized carbons (Fsp3) is 0. The van der Waals surface area contributed by atoms with Crippen LogP contribution in [0.5, 0.6) is 0 Å². The van der Waals surface area contributed by atoms with Gasteiger partial charge in [-0.2, -0.15) is 5.26 Å². The van der Waals surface area contributed by atoms with Crippen molar-refractivity contribution in [2.75, 3.05) is 0 Å². The van der Waals surface area contributed by atoms with Crippen molar-refractivity contribution < 1.29 is 0 Å². The summed E-state index contributed by atoms with van der Waals surface area (Å²) >= 11 is 0. The minimum absolute atomic E-state index is 0.681. The molecule has 0 bridgehead atoms. The number of nitrogens with zero attached hydrogens (tertiary/aromatic N) is 3. The fourth-order valence-electron chi connectivity index (χ4n) is 6.97. The fourth-order valence-corrected chi connectivity index (χ4v) is 6.97. The van der Waals surface area contributed by atoms with E-state index in [1.165, 1.54) is 21.5 Å². The lowest BCUT2D eigenvalue weighted by Gasteiger charge is -2.19. The van der Waals surface area contributed by atoms with E-state index in [1.54, 1.807) is 0 Å². The molecule has 0 aliphatic carbocycles. The molecule has 194 valence electrons. The van der Waals surface area contributed by atoms with Crippen LogP contribution in [0.25, 0.3) is 76.5 Å². The van der Waals surface area contributed by atoms with E-state index in [0.717, 1.165) is 55.0 Å². The van der Waals surface area contributed by atoms with Gasteiger partial charge in [0.05, 0.1) is 22.3 Å². The summed E-state index contributed by atoms with van der Waals surface area (Å²) in [6, 6.07) is 51.8. The highest BCUT2D eigenvalue weighted by Crippen LogP contribution is 2.44. The first kappa shape index (κ1) is 22.9. The quantitative estimate of drug-likeness (QED) is 0.161. The second-order valence-electron chi connectivity index (χ2n) is 10.9. The Morgan fingerprint density at radius 1 is 0.452 bits per heavy atom. The van der Waals surface area contributed by atoms with E-state index in [1.807, 2.05) is 6.07 Å². The number of aromatic nitrogens is 2. The van der Waals surface area contributed by atoms with Crippen LogP contribution in [-0.2, 0) is 0 Å². The summed E-state index contributed by atoms with van der Waals surface area (Å²) in [5, 5.41) is 21.1. The second-order valence-corrected chi connectivity index (χ2v) is 10.9. The van der Waals surface area contributed by atoms with Crippen molar-refractivity contribution in [1.82, 2.24) is 9.13 Å². The summed E-state index contributed by atoms with van der Waals surface area (Å²) in [5.41, 5.74) is 5.97. The molecular formula is C39H23N3. The zero-order valence-corrected chi connectivity index (χ0v) is 22.6. The van der Waals surface area contributed by atoms with E-state index in [-0.39, 0.29) is 0 Å². The van der Waals surface area contributed by atoms with E-state index in [2.05, 4.69) is 149 Å². The maximum Gasteiger partial charge on any atom is 0.131 e. The Morgan fingerprint density at radius 2 is 0.976 bits per heavy atom. The molecule has 0 aliphatic rings. The zero-order valence-electron chi connectivity index (χ0n) is 22.6. The highest BCUT2D eigenvalue weighted by atomic mass is 15.1. The van der Waals surface area contributed by atoms with E-state index in [4.69, 9.17) is 0 Å². The predicted molar refractivity (Wildman–Crippen MR) is 175 cm³/mol. The first-order chi connectivity index (χ1) is 20.8. The van der Waals surface area contributed by atoms with Crippen molar-refractivity contribution >= 4 is 65.2 Å². The Labute approximate surface area is 241 Å². The molecule has 0 amide bonds. The Hall–Kier alpha value is -5.85. The topological polar surface area (TPSA) is 33.6 Å². The van der Waals surface area contributed by atoms with Gasteiger partial charge in [-0.1, -0.05) is 103 Å². The molecule has 9 aromatic rings. The van der Waals surface area contributed by atoms with Crippen molar-refractivity contribution in [2.24, 2.45) is 0 Å². The molecule has 2 aromatic heterocycles. The highest BCUT2D eigenvalue weighted by Gasteiger charge is 2.25. The average molecular weight is 534 g/mol. The van der Waals surface area contributed by atoms with Gasteiger partial charge in [0.1, 0.15) is 11.7 Å². The van der Waals surface area contributed by atoms with E-state index >= 15 is 0 Å². The van der Waals surface area contributed by atoms with E-state index in [9.17, 15) is 5.26 Å². The van der Waals surface area contributed by atoms with Crippen molar-refractivity contribution in [3.63, 3.8) is 0 Å². The summed E-state index contributed by atoms with van der Waals surface area (Å²) in [5.74, 6) is 0. The van der Waals surface area contributed by atoms with E-state index < -0.39 is 0 Å². The number of para-hydroxylation sites is 3. The van der Waals surface area contributed by atoms with Gasteiger partial charge in [0.15, 0.2) is 0 Å². The third kappa shape index (κ3) is 2.98. The highest BCUT2D eigenvalue weighted by molar-refractivity contribution is 6.24. The van der Waals surface area contributed by atoms with Gasteiger partial charge in [0.25, 0.3) is 0 Å². The van der Waals surface area contributed by atoms with Crippen LogP contribution in [-0.4, -0.2) is 9.13 Å². The first-order valence-corrected chi connectivity index (χ1v) is 14.2. The number of nitriles is 1. The van der Waals surface area contributed by atoms with Crippen molar-refractivity contribution in [3.05, 3.63) is 145 Å². The lowest BCUT2D eigenvalue weighted by Crippen LogP contribution is -2.05. The normalized spacial score (nSPS) is 11.8. The summed E-state index contributed by atoms with van der Waals surface area (Å²) in [6.07, 6.45) is 0. The number of fused-ring (bicyclic) bond motifs is 9. The molecule has 0 spiro atoms. The maximum absolute atomic E-state index is 10.9. The molecule has 3 nitrogen and oxygen atoms in total. The lowest BCUT2D eigenvalue weighted by atomic mass is 9.93. The Bertz CT molecular complexity index is 2580. The summed E-state index contributed by atoms with van der Waals surface area (Å²) < 4.78 is 4.70. The average Bonchev–Trinajstić information content (AvgIpc) is 3.56. The van der Waals surface area contributed by atoms with Gasteiger partial charge < -0.3 is 0 Å². The molecule has 42 heavy (non-hydrogen) atoms. The largest absolute Gasteiger partial charge is 0.295 e. The molecular weight excluding hydrogens is 510 g/mol. The number of hydrogen-bond donors (Lipinski definition) is 0. The molecule has 0 saturated carbocycles. The van der Waals surface area contributed by atoms with Gasteiger partial charge in [0, 0.05) is 32.6 Å². The van der Waals surface area contributed by atoms with Crippen LogP contribution in [0.15, 0.2) is 140 Å². The van der Waals surface area contributed by atoms with Crippen LogP contribution in [0, 0.1) is 11.3 Å². The Kier molecular flexibility index (Phi) is 4.68. The molecule has 0 atom stereocenters. The SMILES string of the molecule is N#Cc1c(-n2c3ccccc3c3c4ccccc4n(-c4ccccc4)c32)c2cc3ccccc3cc2c2ccccc12. The standard InChI is InChI=1S/C39H23N3/c40-24-34-29-17-7-6-16-28(29)32-22-25-12-4-5-13-26(25)23-33(32)38(34)42-36-21-11-9-19-31(36)37-30-18-8-10-20-35(30)41(39(37)42)27-14-2-1-3-15-27/h1-23H. The van der Waals surface area contributed by atoms with Crippen molar-refractivity contribution in [2.45, 2.75) is 0 Å². The van der Waals surface area contributed by atoms with E-state index in [0.29, 0.717) is 5.56 Å². The first-order valence-electron chi connectivity index (χ1n) is 14.2. The molecule has 7 aromatic carbocycles. The predicted octanol–water partition coefficient (Wildman–Crippen LogP) is 10.1. The summed E-state index contributed by atoms with van der Waals surface area (Å²) in [4.78, 5) is 0. The molecule has 3 heteroatoms. The molecule has 9 rings (SSSR count). The zero-order chi connectivity index (χ0) is 27.8. The minimum Gasteiger partial charge on any atom is -0.295 e. The molecule has 0 saturated heterocycles. The Balaban J connectivity index is 1.61. The van der Waals surface area contributed by atoms with Gasteiger partial charge in [-0.3, -0.25) is 9.13 Å². The minimum atomic E-state index is 0.681. The molecule has 0 unspecified atom stereocenters. The molecule has 0 radical (unpaired) electrons.